The molecular formula is C12H18N2O3S. The number of methoxy groups -OCH3 is 1. The summed E-state index contributed by atoms with van der Waals surface area (Å²) in [5, 5.41) is 4.50. The van der Waals surface area contributed by atoms with E-state index >= 15 is 0 Å². The molecule has 3 N–H and O–H groups in total. The predicted octanol–water partition coefficient (Wildman–Crippen LogP) is 1.91. The lowest BCUT2D eigenvalue weighted by molar-refractivity contribution is -0.117. The van der Waals surface area contributed by atoms with Gasteiger partial charge in [-0.25, -0.2) is 4.79 Å². The van der Waals surface area contributed by atoms with E-state index in [9.17, 15) is 9.59 Å². The van der Waals surface area contributed by atoms with Crippen molar-refractivity contribution in [1.82, 2.24) is 0 Å². The van der Waals surface area contributed by atoms with E-state index in [4.69, 9.17) is 5.73 Å². The lowest BCUT2D eigenvalue weighted by atomic mass is 10.1. The molecule has 1 heterocycles. The van der Waals surface area contributed by atoms with Gasteiger partial charge in [0, 0.05) is 0 Å². The smallest absolute Gasteiger partial charge is 0.350 e. The van der Waals surface area contributed by atoms with Crippen LogP contribution in [0.2, 0.25) is 0 Å². The number of rotatable bonds is 5. The molecule has 0 fully saturated rings. The highest BCUT2D eigenvalue weighted by molar-refractivity contribution is 7.12. The van der Waals surface area contributed by atoms with Crippen LogP contribution in [-0.4, -0.2) is 25.0 Å². The van der Waals surface area contributed by atoms with Gasteiger partial charge in [0.25, 0.3) is 0 Å². The molecule has 0 bridgehead atoms. The van der Waals surface area contributed by atoms with Crippen LogP contribution >= 0.6 is 11.3 Å². The van der Waals surface area contributed by atoms with Gasteiger partial charge in [-0.05, 0) is 24.3 Å². The Bertz CT molecular complexity index is 443. The Balaban J connectivity index is 2.87. The van der Waals surface area contributed by atoms with Crippen molar-refractivity contribution >= 4 is 28.9 Å². The van der Waals surface area contributed by atoms with Gasteiger partial charge in [-0.3, -0.25) is 4.79 Å². The summed E-state index contributed by atoms with van der Waals surface area (Å²) >= 11 is 1.25. The quantitative estimate of drug-likeness (QED) is 0.801. The third-order valence-electron chi connectivity index (χ3n) is 2.53. The van der Waals surface area contributed by atoms with Gasteiger partial charge in [0.1, 0.15) is 4.88 Å². The summed E-state index contributed by atoms with van der Waals surface area (Å²) in [4.78, 5) is 23.8. The Hall–Kier alpha value is -1.40. The van der Waals surface area contributed by atoms with E-state index in [0.717, 1.165) is 12.0 Å². The molecule has 0 radical (unpaired) electrons. The topological polar surface area (TPSA) is 81.4 Å². The molecule has 18 heavy (non-hydrogen) atoms. The van der Waals surface area contributed by atoms with Crippen LogP contribution in [0.5, 0.6) is 0 Å². The number of thiophene rings is 1. The maximum Gasteiger partial charge on any atom is 0.350 e. The number of hydrogen-bond acceptors (Lipinski definition) is 5. The first-order valence-corrected chi connectivity index (χ1v) is 6.62. The van der Waals surface area contributed by atoms with Gasteiger partial charge in [0.15, 0.2) is 0 Å². The van der Waals surface area contributed by atoms with E-state index in [1.165, 1.54) is 18.4 Å². The van der Waals surface area contributed by atoms with Crippen LogP contribution in [0.15, 0.2) is 5.38 Å². The van der Waals surface area contributed by atoms with E-state index in [1.807, 2.05) is 13.8 Å². The summed E-state index contributed by atoms with van der Waals surface area (Å²) in [5.74, 6) is -0.726. The molecule has 0 aliphatic heterocycles. The van der Waals surface area contributed by atoms with Crippen molar-refractivity contribution in [3.63, 3.8) is 0 Å². The van der Waals surface area contributed by atoms with Gasteiger partial charge in [-0.1, -0.05) is 13.3 Å². The minimum absolute atomic E-state index is 0.275. The maximum absolute atomic E-state index is 11.8. The molecule has 5 nitrogen and oxygen atoms in total. The zero-order valence-corrected chi connectivity index (χ0v) is 11.6. The second kappa shape index (κ2) is 6.51. The summed E-state index contributed by atoms with van der Waals surface area (Å²) in [6, 6.07) is -0.556. The highest BCUT2D eigenvalue weighted by Gasteiger charge is 2.20. The van der Waals surface area contributed by atoms with Crippen LogP contribution in [-0.2, 0) is 9.53 Å². The zero-order valence-electron chi connectivity index (χ0n) is 10.8. The number of aryl methyl sites for hydroxylation is 1. The van der Waals surface area contributed by atoms with Crippen molar-refractivity contribution in [2.45, 2.75) is 32.7 Å². The fourth-order valence-electron chi connectivity index (χ4n) is 1.50. The molecule has 100 valence electrons. The van der Waals surface area contributed by atoms with Crippen LogP contribution in [0.3, 0.4) is 0 Å². The van der Waals surface area contributed by atoms with E-state index < -0.39 is 12.0 Å². The van der Waals surface area contributed by atoms with Crippen molar-refractivity contribution in [3.05, 3.63) is 15.8 Å². The molecule has 0 aliphatic rings. The number of ether oxygens (including phenoxy) is 1. The van der Waals surface area contributed by atoms with Crippen molar-refractivity contribution < 1.29 is 14.3 Å². The van der Waals surface area contributed by atoms with Crippen molar-refractivity contribution in [2.75, 3.05) is 12.4 Å². The molecule has 1 atom stereocenters. The molecule has 6 heteroatoms. The normalized spacial score (nSPS) is 12.0. The SMILES string of the molecule is CCCC(N)C(=O)Nc1c(C)csc1C(=O)OC. The van der Waals surface area contributed by atoms with Gasteiger partial charge < -0.3 is 15.8 Å². The lowest BCUT2D eigenvalue weighted by Gasteiger charge is -2.12. The van der Waals surface area contributed by atoms with E-state index in [0.29, 0.717) is 17.0 Å². The monoisotopic (exact) mass is 270 g/mol. The molecule has 1 aromatic rings. The third-order valence-corrected chi connectivity index (χ3v) is 3.61. The van der Waals surface area contributed by atoms with Crippen LogP contribution in [0.25, 0.3) is 0 Å². The molecule has 0 saturated heterocycles. The highest BCUT2D eigenvalue weighted by Crippen LogP contribution is 2.28. The molecule has 1 aromatic heterocycles. The first kappa shape index (κ1) is 14.7. The van der Waals surface area contributed by atoms with Crippen molar-refractivity contribution in [3.8, 4) is 0 Å². The minimum atomic E-state index is -0.556. The summed E-state index contributed by atoms with van der Waals surface area (Å²) in [7, 11) is 1.31. The first-order valence-electron chi connectivity index (χ1n) is 5.74. The highest BCUT2D eigenvalue weighted by atomic mass is 32.1. The molecular weight excluding hydrogens is 252 g/mol. The largest absolute Gasteiger partial charge is 0.465 e. The molecule has 0 spiro atoms. The van der Waals surface area contributed by atoms with Gasteiger partial charge in [0.2, 0.25) is 5.91 Å². The number of carbonyl (C=O) groups is 2. The van der Waals surface area contributed by atoms with Gasteiger partial charge in [-0.2, -0.15) is 0 Å². The van der Waals surface area contributed by atoms with Crippen molar-refractivity contribution in [1.29, 1.82) is 0 Å². The summed E-state index contributed by atoms with van der Waals surface area (Å²) in [6.07, 6.45) is 1.45. The average Bonchev–Trinajstić information content (AvgIpc) is 2.70. The molecule has 0 saturated carbocycles. The number of nitrogens with two attached hydrogens (primary N) is 1. The Morgan fingerprint density at radius 2 is 2.22 bits per heavy atom. The summed E-state index contributed by atoms with van der Waals surface area (Å²) in [5.41, 5.74) is 7.06. The van der Waals surface area contributed by atoms with Gasteiger partial charge in [-0.15, -0.1) is 11.3 Å². The Morgan fingerprint density at radius 1 is 1.56 bits per heavy atom. The van der Waals surface area contributed by atoms with E-state index in [-0.39, 0.29) is 5.91 Å². The fraction of sp³-hybridized carbons (Fsp3) is 0.500. The lowest BCUT2D eigenvalue weighted by Crippen LogP contribution is -2.35. The number of amides is 1. The average molecular weight is 270 g/mol. The standard InChI is InChI=1S/C12H18N2O3S/c1-4-5-8(13)11(15)14-9-7(2)6-18-10(9)12(16)17-3/h6,8H,4-5,13H2,1-3H3,(H,14,15). The Morgan fingerprint density at radius 3 is 2.78 bits per heavy atom. The van der Waals surface area contributed by atoms with Gasteiger partial charge in [0.05, 0.1) is 18.8 Å². The fourth-order valence-corrected chi connectivity index (χ4v) is 2.42. The number of carbonyl (C=O) groups excluding carboxylic acids is 2. The van der Waals surface area contributed by atoms with Crippen LogP contribution < -0.4 is 11.1 Å². The molecule has 0 aromatic carbocycles. The van der Waals surface area contributed by atoms with Crippen LogP contribution in [0.1, 0.15) is 35.0 Å². The molecule has 0 aliphatic carbocycles. The third kappa shape index (κ3) is 3.30. The molecule has 1 unspecified atom stereocenters. The zero-order chi connectivity index (χ0) is 13.7. The number of hydrogen-bond donors (Lipinski definition) is 2. The maximum atomic E-state index is 11.8. The predicted molar refractivity (Wildman–Crippen MR) is 71.9 cm³/mol. The van der Waals surface area contributed by atoms with E-state index in [1.54, 1.807) is 5.38 Å². The Labute approximate surface area is 110 Å². The Kier molecular flexibility index (Phi) is 5.30. The van der Waals surface area contributed by atoms with E-state index in [2.05, 4.69) is 10.1 Å². The number of anilines is 1. The second-order valence-corrected chi connectivity index (χ2v) is 4.88. The number of esters is 1. The number of nitrogens with one attached hydrogen (secondary N) is 1. The van der Waals surface area contributed by atoms with Crippen LogP contribution in [0, 0.1) is 6.92 Å². The van der Waals surface area contributed by atoms with Crippen LogP contribution in [0.4, 0.5) is 5.69 Å². The first-order chi connectivity index (χ1) is 8.51. The summed E-state index contributed by atoms with van der Waals surface area (Å²) in [6.45, 7) is 3.78. The minimum Gasteiger partial charge on any atom is -0.465 e. The van der Waals surface area contributed by atoms with Crippen molar-refractivity contribution in [2.24, 2.45) is 5.73 Å². The molecule has 1 rings (SSSR count). The van der Waals surface area contributed by atoms with Gasteiger partial charge >= 0.3 is 5.97 Å². The second-order valence-electron chi connectivity index (χ2n) is 4.00. The molecule has 1 amide bonds. The summed E-state index contributed by atoms with van der Waals surface area (Å²) < 4.78 is 4.67.